The van der Waals surface area contributed by atoms with Gasteiger partial charge in [0.15, 0.2) is 0 Å². The largest absolute Gasteiger partial charge is 0.497 e. The molecular formula is C17H18N2O4. The van der Waals surface area contributed by atoms with Crippen LogP contribution in [0.15, 0.2) is 48.5 Å². The molecule has 0 aliphatic rings. The van der Waals surface area contributed by atoms with Crippen LogP contribution in [0.5, 0.6) is 5.75 Å². The van der Waals surface area contributed by atoms with Gasteiger partial charge < -0.3 is 20.5 Å². The quantitative estimate of drug-likeness (QED) is 0.763. The molecule has 0 saturated heterocycles. The zero-order valence-corrected chi connectivity index (χ0v) is 12.7. The van der Waals surface area contributed by atoms with Crippen molar-refractivity contribution in [3.63, 3.8) is 0 Å². The maximum absolute atomic E-state index is 12.2. The summed E-state index contributed by atoms with van der Waals surface area (Å²) in [5, 5.41) is 14.1. The van der Waals surface area contributed by atoms with Crippen molar-refractivity contribution in [1.82, 2.24) is 0 Å². The molecule has 0 heterocycles. The molecule has 6 nitrogen and oxygen atoms in total. The summed E-state index contributed by atoms with van der Waals surface area (Å²) >= 11 is 0. The van der Waals surface area contributed by atoms with Crippen LogP contribution >= 0.6 is 0 Å². The molecule has 2 aromatic carbocycles. The van der Waals surface area contributed by atoms with Crippen molar-refractivity contribution in [2.75, 3.05) is 24.4 Å². The van der Waals surface area contributed by atoms with Crippen molar-refractivity contribution in [2.24, 2.45) is 0 Å². The molecule has 6 heteroatoms. The molecule has 0 saturated carbocycles. The van der Waals surface area contributed by atoms with Gasteiger partial charge in [-0.2, -0.15) is 0 Å². The molecule has 2 aromatic rings. The minimum Gasteiger partial charge on any atom is -0.497 e. The molecule has 0 spiro atoms. The molecule has 0 aromatic heterocycles. The molecule has 3 N–H and O–H groups in total. The average Bonchev–Trinajstić information content (AvgIpc) is 2.56. The van der Waals surface area contributed by atoms with Crippen molar-refractivity contribution < 1.29 is 19.4 Å². The highest BCUT2D eigenvalue weighted by Gasteiger charge is 2.07. The predicted octanol–water partition coefficient (Wildman–Crippen LogP) is 2.27. The van der Waals surface area contributed by atoms with Crippen LogP contribution in [-0.2, 0) is 4.79 Å². The third kappa shape index (κ3) is 4.82. The van der Waals surface area contributed by atoms with Gasteiger partial charge in [-0.3, -0.25) is 9.59 Å². The lowest BCUT2D eigenvalue weighted by molar-refractivity contribution is -0.116. The number of nitrogens with one attached hydrogen (secondary N) is 2. The average molecular weight is 314 g/mol. The van der Waals surface area contributed by atoms with Crippen LogP contribution in [0, 0.1) is 0 Å². The van der Waals surface area contributed by atoms with E-state index >= 15 is 0 Å². The Bertz CT molecular complexity index is 683. The standard InChI is InChI=1S/C17H18N2O4/c1-23-15-4-2-3-14(11-15)19-17(22)12-5-7-13(8-6-12)18-16(21)9-10-20/h2-8,11,20H,9-10H2,1H3,(H,18,21)(H,19,22). The monoisotopic (exact) mass is 314 g/mol. The molecule has 0 fully saturated rings. The number of rotatable bonds is 6. The second-order valence-electron chi connectivity index (χ2n) is 4.79. The van der Waals surface area contributed by atoms with E-state index in [9.17, 15) is 9.59 Å². The summed E-state index contributed by atoms with van der Waals surface area (Å²) < 4.78 is 5.11. The summed E-state index contributed by atoms with van der Waals surface area (Å²) in [5.41, 5.74) is 1.67. The van der Waals surface area contributed by atoms with E-state index in [-0.39, 0.29) is 24.8 Å². The molecule has 0 radical (unpaired) electrons. The van der Waals surface area contributed by atoms with Gasteiger partial charge in [-0.15, -0.1) is 0 Å². The summed E-state index contributed by atoms with van der Waals surface area (Å²) in [6, 6.07) is 13.6. The van der Waals surface area contributed by atoms with Crippen molar-refractivity contribution in [1.29, 1.82) is 0 Å². The van der Waals surface area contributed by atoms with Crippen molar-refractivity contribution in [2.45, 2.75) is 6.42 Å². The Labute approximate surface area is 134 Å². The number of amides is 2. The van der Waals surface area contributed by atoms with Crippen LogP contribution in [0.3, 0.4) is 0 Å². The Balaban J connectivity index is 2.01. The van der Waals surface area contributed by atoms with Crippen LogP contribution in [0.1, 0.15) is 16.8 Å². The molecule has 0 bridgehead atoms. The highest BCUT2D eigenvalue weighted by Crippen LogP contribution is 2.18. The fraction of sp³-hybridized carbons (Fsp3) is 0.176. The summed E-state index contributed by atoms with van der Waals surface area (Å²) in [7, 11) is 1.56. The lowest BCUT2D eigenvalue weighted by atomic mass is 10.2. The van der Waals surface area contributed by atoms with E-state index in [0.717, 1.165) is 0 Å². The molecule has 0 aliphatic carbocycles. The molecule has 2 rings (SSSR count). The smallest absolute Gasteiger partial charge is 0.255 e. The van der Waals surface area contributed by atoms with Crippen LogP contribution < -0.4 is 15.4 Å². The highest BCUT2D eigenvalue weighted by molar-refractivity contribution is 6.04. The van der Waals surface area contributed by atoms with E-state index in [0.29, 0.717) is 22.7 Å². The Kier molecular flexibility index (Phi) is 5.71. The van der Waals surface area contributed by atoms with Gasteiger partial charge in [0.05, 0.1) is 20.1 Å². The number of methoxy groups -OCH3 is 1. The Morgan fingerprint density at radius 1 is 1.04 bits per heavy atom. The van der Waals surface area contributed by atoms with Gasteiger partial charge in [-0.05, 0) is 36.4 Å². The molecule has 0 atom stereocenters. The zero-order chi connectivity index (χ0) is 16.7. The van der Waals surface area contributed by atoms with E-state index in [1.54, 1.807) is 55.6 Å². The fourth-order valence-electron chi connectivity index (χ4n) is 1.93. The van der Waals surface area contributed by atoms with E-state index in [1.807, 2.05) is 0 Å². The summed E-state index contributed by atoms with van der Waals surface area (Å²) in [4.78, 5) is 23.5. The minimum absolute atomic E-state index is 0.0398. The highest BCUT2D eigenvalue weighted by atomic mass is 16.5. The normalized spacial score (nSPS) is 10.0. The number of benzene rings is 2. The lowest BCUT2D eigenvalue weighted by Gasteiger charge is -2.08. The van der Waals surface area contributed by atoms with E-state index < -0.39 is 0 Å². The summed E-state index contributed by atoms with van der Waals surface area (Å²) in [5.74, 6) is 0.123. The summed E-state index contributed by atoms with van der Waals surface area (Å²) in [6.45, 7) is -0.202. The van der Waals surface area contributed by atoms with E-state index in [2.05, 4.69) is 10.6 Å². The number of aliphatic hydroxyl groups excluding tert-OH is 1. The number of aliphatic hydroxyl groups is 1. The molecular weight excluding hydrogens is 296 g/mol. The third-order valence-corrected chi connectivity index (χ3v) is 3.10. The van der Waals surface area contributed by atoms with Gasteiger partial charge in [0, 0.05) is 23.0 Å². The van der Waals surface area contributed by atoms with Gasteiger partial charge in [0.2, 0.25) is 5.91 Å². The number of ether oxygens (including phenoxy) is 1. The number of carbonyl (C=O) groups excluding carboxylic acids is 2. The second-order valence-corrected chi connectivity index (χ2v) is 4.79. The maximum Gasteiger partial charge on any atom is 0.255 e. The zero-order valence-electron chi connectivity index (χ0n) is 12.7. The van der Waals surface area contributed by atoms with E-state index in [1.165, 1.54) is 0 Å². The summed E-state index contributed by atoms with van der Waals surface area (Å²) in [6.07, 6.45) is 0.0398. The molecule has 120 valence electrons. The predicted molar refractivity (Wildman–Crippen MR) is 87.7 cm³/mol. The second kappa shape index (κ2) is 7.95. The first-order chi connectivity index (χ1) is 11.1. The molecule has 23 heavy (non-hydrogen) atoms. The Morgan fingerprint density at radius 2 is 1.78 bits per heavy atom. The van der Waals surface area contributed by atoms with Gasteiger partial charge in [-0.1, -0.05) is 6.07 Å². The van der Waals surface area contributed by atoms with Crippen molar-refractivity contribution in [3.05, 3.63) is 54.1 Å². The van der Waals surface area contributed by atoms with Crippen LogP contribution in [-0.4, -0.2) is 30.6 Å². The van der Waals surface area contributed by atoms with Gasteiger partial charge in [0.1, 0.15) is 5.75 Å². The lowest BCUT2D eigenvalue weighted by Crippen LogP contribution is -2.14. The van der Waals surface area contributed by atoms with Crippen LogP contribution in [0.25, 0.3) is 0 Å². The van der Waals surface area contributed by atoms with Crippen LogP contribution in [0.2, 0.25) is 0 Å². The number of hydrogen-bond acceptors (Lipinski definition) is 4. The fourth-order valence-corrected chi connectivity index (χ4v) is 1.93. The number of carbonyl (C=O) groups is 2. The molecule has 0 unspecified atom stereocenters. The molecule has 2 amide bonds. The van der Waals surface area contributed by atoms with Crippen molar-refractivity contribution in [3.8, 4) is 5.75 Å². The van der Waals surface area contributed by atoms with Gasteiger partial charge in [-0.25, -0.2) is 0 Å². The van der Waals surface area contributed by atoms with Gasteiger partial charge >= 0.3 is 0 Å². The first-order valence-electron chi connectivity index (χ1n) is 7.08. The van der Waals surface area contributed by atoms with Crippen LogP contribution in [0.4, 0.5) is 11.4 Å². The topological polar surface area (TPSA) is 87.7 Å². The van der Waals surface area contributed by atoms with Gasteiger partial charge in [0.25, 0.3) is 5.91 Å². The first kappa shape index (κ1) is 16.5. The first-order valence-corrected chi connectivity index (χ1v) is 7.08. The number of anilines is 2. The Morgan fingerprint density at radius 3 is 2.43 bits per heavy atom. The number of hydrogen-bond donors (Lipinski definition) is 3. The maximum atomic E-state index is 12.2. The third-order valence-electron chi connectivity index (χ3n) is 3.10. The van der Waals surface area contributed by atoms with Crippen molar-refractivity contribution >= 4 is 23.2 Å². The SMILES string of the molecule is COc1cccc(NC(=O)c2ccc(NC(=O)CCO)cc2)c1. The minimum atomic E-state index is -0.277. The Hall–Kier alpha value is -2.86. The van der Waals surface area contributed by atoms with E-state index in [4.69, 9.17) is 9.84 Å². The molecule has 0 aliphatic heterocycles.